The minimum atomic E-state index is -3.56. The third-order valence-electron chi connectivity index (χ3n) is 9.34. The van der Waals surface area contributed by atoms with Gasteiger partial charge in [-0.15, -0.1) is 11.3 Å². The van der Waals surface area contributed by atoms with Crippen LogP contribution in [0.3, 0.4) is 0 Å². The van der Waals surface area contributed by atoms with Crippen LogP contribution in [-0.2, 0) is 31.5 Å². The summed E-state index contributed by atoms with van der Waals surface area (Å²) in [6.07, 6.45) is 1.82. The van der Waals surface area contributed by atoms with Crippen molar-refractivity contribution < 1.29 is 23.1 Å². The highest BCUT2D eigenvalue weighted by atomic mass is 35.5. The van der Waals surface area contributed by atoms with Crippen LogP contribution in [0.25, 0.3) is 0 Å². The van der Waals surface area contributed by atoms with E-state index in [0.717, 1.165) is 62.7 Å². The second kappa shape index (κ2) is 12.0. The molecule has 1 aromatic carbocycles. The highest BCUT2D eigenvalue weighted by Crippen LogP contribution is 2.57. The van der Waals surface area contributed by atoms with E-state index in [-0.39, 0.29) is 45.6 Å². The first-order chi connectivity index (χ1) is 19.0. The van der Waals surface area contributed by atoms with E-state index in [2.05, 4.69) is 24.1 Å². The summed E-state index contributed by atoms with van der Waals surface area (Å²) >= 11 is 7.41. The van der Waals surface area contributed by atoms with Crippen LogP contribution in [0.2, 0.25) is 5.02 Å². The Labute approximate surface area is 246 Å². The Kier molecular flexibility index (Phi) is 8.95. The summed E-state index contributed by atoms with van der Waals surface area (Å²) < 4.78 is 31.5. The Morgan fingerprint density at radius 3 is 2.70 bits per heavy atom. The number of amides is 1. The summed E-state index contributed by atoms with van der Waals surface area (Å²) in [7, 11) is -3.56. The largest absolute Gasteiger partial charge is 0.392 e. The van der Waals surface area contributed by atoms with Crippen LogP contribution in [0.15, 0.2) is 29.2 Å². The summed E-state index contributed by atoms with van der Waals surface area (Å²) in [4.78, 5) is 21.5. The highest BCUT2D eigenvalue weighted by Gasteiger charge is 2.53. The number of carbonyl (C=O) groups excluding carboxylic acids is 1. The maximum Gasteiger partial charge on any atom is 0.223 e. The molecule has 3 aliphatic rings. The fourth-order valence-electron chi connectivity index (χ4n) is 7.06. The van der Waals surface area contributed by atoms with Gasteiger partial charge in [0.25, 0.3) is 0 Å². The number of sulfone groups is 1. The molecule has 2 heterocycles. The maximum atomic E-state index is 13.1. The van der Waals surface area contributed by atoms with Crippen molar-refractivity contribution in [2.75, 3.05) is 39.4 Å². The Bertz CT molecular complexity index is 1310. The molecule has 0 bridgehead atoms. The average Bonchev–Trinajstić information content (AvgIpc) is 3.30. The van der Waals surface area contributed by atoms with Gasteiger partial charge in [0, 0.05) is 47.9 Å². The molecule has 1 aliphatic heterocycles. The maximum absolute atomic E-state index is 13.1. The predicted molar refractivity (Wildman–Crippen MR) is 156 cm³/mol. The van der Waals surface area contributed by atoms with E-state index in [0.29, 0.717) is 16.6 Å². The van der Waals surface area contributed by atoms with Crippen molar-refractivity contribution in [3.63, 3.8) is 0 Å². The molecule has 2 fully saturated rings. The van der Waals surface area contributed by atoms with Crippen molar-refractivity contribution in [3.8, 4) is 0 Å². The van der Waals surface area contributed by atoms with E-state index in [9.17, 15) is 18.3 Å². The van der Waals surface area contributed by atoms with Crippen LogP contribution in [0.5, 0.6) is 0 Å². The quantitative estimate of drug-likeness (QED) is 0.467. The number of benzene rings is 1. The smallest absolute Gasteiger partial charge is 0.223 e. The molecule has 1 aromatic heterocycles. The van der Waals surface area contributed by atoms with Crippen molar-refractivity contribution in [2.45, 2.75) is 62.7 Å². The van der Waals surface area contributed by atoms with Gasteiger partial charge in [-0.1, -0.05) is 32.4 Å². The molecule has 0 radical (unpaired) electrons. The van der Waals surface area contributed by atoms with Crippen LogP contribution in [0.4, 0.5) is 0 Å². The molecule has 1 saturated heterocycles. The molecule has 40 heavy (non-hydrogen) atoms. The van der Waals surface area contributed by atoms with Gasteiger partial charge in [-0.2, -0.15) is 0 Å². The van der Waals surface area contributed by atoms with E-state index in [1.165, 1.54) is 23.5 Å². The summed E-state index contributed by atoms with van der Waals surface area (Å²) in [5.41, 5.74) is 0.768. The summed E-state index contributed by atoms with van der Waals surface area (Å²) in [5, 5.41) is 15.9. The first-order valence-electron chi connectivity index (χ1n) is 14.2. The van der Waals surface area contributed by atoms with Crippen molar-refractivity contribution in [1.29, 1.82) is 0 Å². The minimum absolute atomic E-state index is 0.00610. The van der Waals surface area contributed by atoms with Crippen LogP contribution in [0, 0.1) is 23.2 Å². The number of ether oxygens (including phenoxy) is 1. The number of nitrogens with one attached hydrogen (secondary N) is 1. The number of fused-ring (bicyclic) bond motifs is 2. The fourth-order valence-corrected chi connectivity index (χ4v) is 10.2. The summed E-state index contributed by atoms with van der Waals surface area (Å²) in [6, 6.07) is 6.22. The lowest BCUT2D eigenvalue weighted by Gasteiger charge is -2.53. The van der Waals surface area contributed by atoms with E-state index in [1.54, 1.807) is 12.1 Å². The van der Waals surface area contributed by atoms with Gasteiger partial charge in [-0.3, -0.25) is 9.69 Å². The third kappa shape index (κ3) is 6.13. The van der Waals surface area contributed by atoms with Crippen molar-refractivity contribution in [2.24, 2.45) is 23.2 Å². The lowest BCUT2D eigenvalue weighted by molar-refractivity contribution is -0.134. The standard InChI is InChI=1S/C29H40ClN3O5S2/c1-18(28(35)31-10-11-33-12-14-38-15-13-33)22-8-9-29(3)16-23-26(19(2)25(29)27(22)34)32-24(39-23)17-40(36,37)21-6-4-20(30)5-7-21/h4-7,18-19,22,25,27,34H,8-17H2,1-3H3,(H,31,35)/t18-,19-,22?,25+,27-,29-/m0/s1. The van der Waals surface area contributed by atoms with Crippen LogP contribution in [-0.4, -0.2) is 74.8 Å². The second-order valence-electron chi connectivity index (χ2n) is 12.0. The van der Waals surface area contributed by atoms with Gasteiger partial charge in [0.05, 0.1) is 29.9 Å². The Balaban J connectivity index is 1.26. The Morgan fingerprint density at radius 2 is 2.00 bits per heavy atom. The molecule has 0 spiro atoms. The van der Waals surface area contributed by atoms with Gasteiger partial charge in [0.1, 0.15) is 10.8 Å². The van der Waals surface area contributed by atoms with Crippen LogP contribution in [0.1, 0.15) is 55.1 Å². The fraction of sp³-hybridized carbons (Fsp3) is 0.655. The predicted octanol–water partition coefficient (Wildman–Crippen LogP) is 3.91. The average molecular weight is 610 g/mol. The SMILES string of the molecule is C[C@H](C(=O)NCCN1CCOCC1)C1CC[C@@]2(C)Cc3sc(CS(=O)(=O)c4ccc(Cl)cc4)nc3[C@@H](C)[C@@H]2[C@H]1O. The first kappa shape index (κ1) is 29.9. The molecule has 2 N–H and O–H groups in total. The zero-order valence-electron chi connectivity index (χ0n) is 23.4. The van der Waals surface area contributed by atoms with Gasteiger partial charge in [0.15, 0.2) is 9.84 Å². The monoisotopic (exact) mass is 609 g/mol. The number of aliphatic hydroxyl groups is 1. The number of aliphatic hydroxyl groups excluding tert-OH is 1. The Hall–Kier alpha value is -1.56. The lowest BCUT2D eigenvalue weighted by Crippen LogP contribution is -2.53. The molecule has 2 aromatic rings. The number of halogens is 1. The van der Waals surface area contributed by atoms with Gasteiger partial charge in [-0.05, 0) is 60.8 Å². The molecule has 1 amide bonds. The number of thiazole rings is 1. The minimum Gasteiger partial charge on any atom is -0.392 e. The molecule has 2 aliphatic carbocycles. The third-order valence-corrected chi connectivity index (χ3v) is 12.5. The number of hydrogen-bond acceptors (Lipinski definition) is 8. The number of morpholine rings is 1. The molecule has 5 rings (SSSR count). The van der Waals surface area contributed by atoms with Crippen LogP contribution < -0.4 is 5.32 Å². The number of carbonyl (C=O) groups is 1. The Morgan fingerprint density at radius 1 is 1.30 bits per heavy atom. The lowest BCUT2D eigenvalue weighted by atomic mass is 9.53. The van der Waals surface area contributed by atoms with E-state index in [1.807, 2.05) is 6.92 Å². The topological polar surface area (TPSA) is 109 Å². The highest BCUT2D eigenvalue weighted by molar-refractivity contribution is 7.90. The normalized spacial score (nSPS) is 29.8. The van der Waals surface area contributed by atoms with E-state index >= 15 is 0 Å². The molecule has 1 saturated carbocycles. The molecular formula is C29H40ClN3O5S2. The number of rotatable bonds is 8. The van der Waals surface area contributed by atoms with Crippen molar-refractivity contribution in [1.82, 2.24) is 15.2 Å². The molecular weight excluding hydrogens is 570 g/mol. The molecule has 1 unspecified atom stereocenters. The molecule has 8 nitrogen and oxygen atoms in total. The van der Waals surface area contributed by atoms with Gasteiger partial charge >= 0.3 is 0 Å². The number of hydrogen-bond donors (Lipinski definition) is 2. The summed E-state index contributed by atoms with van der Waals surface area (Å²) in [6.45, 7) is 10.9. The van der Waals surface area contributed by atoms with Crippen molar-refractivity contribution in [3.05, 3.63) is 44.9 Å². The first-order valence-corrected chi connectivity index (χ1v) is 17.1. The van der Waals surface area contributed by atoms with E-state index in [4.69, 9.17) is 21.3 Å². The van der Waals surface area contributed by atoms with Crippen molar-refractivity contribution >= 4 is 38.7 Å². The zero-order valence-corrected chi connectivity index (χ0v) is 25.8. The molecule has 220 valence electrons. The van der Waals surface area contributed by atoms with Gasteiger partial charge in [0.2, 0.25) is 5.91 Å². The van der Waals surface area contributed by atoms with Gasteiger partial charge < -0.3 is 15.2 Å². The number of aromatic nitrogens is 1. The molecule has 6 atom stereocenters. The summed E-state index contributed by atoms with van der Waals surface area (Å²) in [5.74, 6) is -0.681. The van der Waals surface area contributed by atoms with Gasteiger partial charge in [-0.25, -0.2) is 13.4 Å². The van der Waals surface area contributed by atoms with E-state index < -0.39 is 15.9 Å². The number of nitrogens with zero attached hydrogens (tertiary/aromatic N) is 2. The zero-order chi connectivity index (χ0) is 28.7. The second-order valence-corrected chi connectivity index (χ2v) is 15.6. The van der Waals surface area contributed by atoms with Crippen LogP contribution >= 0.6 is 22.9 Å². The molecule has 11 heteroatoms.